The van der Waals surface area contributed by atoms with Gasteiger partial charge in [-0.25, -0.2) is 0 Å². The van der Waals surface area contributed by atoms with Crippen LogP contribution in [0.5, 0.6) is 0 Å². The van der Waals surface area contributed by atoms with Crippen LogP contribution < -0.4 is 10.2 Å². The van der Waals surface area contributed by atoms with Crippen molar-refractivity contribution in [2.75, 3.05) is 24.5 Å². The van der Waals surface area contributed by atoms with Gasteiger partial charge in [-0.2, -0.15) is 0 Å². The zero-order valence-electron chi connectivity index (χ0n) is 11.6. The highest BCUT2D eigenvalue weighted by molar-refractivity contribution is 5.24. The van der Waals surface area contributed by atoms with Crippen molar-refractivity contribution in [2.24, 2.45) is 5.92 Å². The fourth-order valence-electron chi connectivity index (χ4n) is 2.25. The fourth-order valence-corrected chi connectivity index (χ4v) is 2.25. The van der Waals surface area contributed by atoms with E-state index >= 15 is 0 Å². The lowest BCUT2D eigenvalue weighted by Crippen LogP contribution is -2.32. The monoisotopic (exact) mass is 252 g/mol. The second-order valence-electron chi connectivity index (χ2n) is 5.04. The van der Waals surface area contributed by atoms with Gasteiger partial charge in [0.25, 0.3) is 0 Å². The molecule has 0 aromatic carbocycles. The first-order chi connectivity index (χ1) is 8.74. The Bertz CT molecular complexity index is 362. The molecular weight excluding hydrogens is 228 g/mol. The van der Waals surface area contributed by atoms with Crippen molar-refractivity contribution < 1.29 is 4.42 Å². The minimum Gasteiger partial charge on any atom is -0.406 e. The summed E-state index contributed by atoms with van der Waals surface area (Å²) in [5, 5.41) is 11.6. The summed E-state index contributed by atoms with van der Waals surface area (Å²) in [7, 11) is 0. The van der Waals surface area contributed by atoms with Gasteiger partial charge >= 0.3 is 6.01 Å². The minimum atomic E-state index is 0.124. The van der Waals surface area contributed by atoms with E-state index in [1.165, 1.54) is 19.3 Å². The number of hydrogen-bond donors (Lipinski definition) is 1. The molecule has 0 bridgehead atoms. The number of aromatic nitrogens is 2. The molecule has 1 aromatic rings. The van der Waals surface area contributed by atoms with Crippen molar-refractivity contribution in [2.45, 2.75) is 46.1 Å². The summed E-state index contributed by atoms with van der Waals surface area (Å²) in [6, 6.07) is 0.794. The second kappa shape index (κ2) is 6.18. The van der Waals surface area contributed by atoms with E-state index in [4.69, 9.17) is 4.42 Å². The second-order valence-corrected chi connectivity index (χ2v) is 5.04. The molecule has 1 unspecified atom stereocenters. The first kappa shape index (κ1) is 13.3. The van der Waals surface area contributed by atoms with Crippen LogP contribution in [0.25, 0.3) is 0 Å². The average molecular weight is 252 g/mol. The van der Waals surface area contributed by atoms with Crippen LogP contribution in [0.3, 0.4) is 0 Å². The van der Waals surface area contributed by atoms with E-state index in [-0.39, 0.29) is 6.04 Å². The van der Waals surface area contributed by atoms with Gasteiger partial charge in [-0.1, -0.05) is 18.4 Å². The number of nitrogens with one attached hydrogen (secondary N) is 1. The zero-order valence-corrected chi connectivity index (χ0v) is 11.6. The van der Waals surface area contributed by atoms with Crippen molar-refractivity contribution in [1.29, 1.82) is 0 Å². The van der Waals surface area contributed by atoms with Crippen LogP contribution in [0.15, 0.2) is 4.42 Å². The van der Waals surface area contributed by atoms with E-state index in [9.17, 15) is 0 Å². The number of hydrogen-bond acceptors (Lipinski definition) is 5. The Labute approximate surface area is 109 Å². The van der Waals surface area contributed by atoms with Gasteiger partial charge in [0, 0.05) is 13.1 Å². The van der Waals surface area contributed by atoms with Crippen LogP contribution in [-0.2, 0) is 0 Å². The highest BCUT2D eigenvalue weighted by Gasteiger charge is 2.23. The van der Waals surface area contributed by atoms with Gasteiger partial charge in [0.05, 0.1) is 6.04 Å². The Balaban J connectivity index is 1.97. The molecule has 0 saturated heterocycles. The summed E-state index contributed by atoms with van der Waals surface area (Å²) >= 11 is 0. The predicted molar refractivity (Wildman–Crippen MR) is 71.6 cm³/mol. The molecule has 1 aliphatic rings. The summed E-state index contributed by atoms with van der Waals surface area (Å²) in [5.41, 5.74) is 0. The Kier molecular flexibility index (Phi) is 4.58. The van der Waals surface area contributed by atoms with Gasteiger partial charge in [0.15, 0.2) is 0 Å². The first-order valence-corrected chi connectivity index (χ1v) is 7.06. The van der Waals surface area contributed by atoms with E-state index < -0.39 is 0 Å². The van der Waals surface area contributed by atoms with Crippen LogP contribution in [0.4, 0.5) is 6.01 Å². The van der Waals surface area contributed by atoms with E-state index in [1.807, 2.05) is 6.92 Å². The maximum Gasteiger partial charge on any atom is 0.318 e. The van der Waals surface area contributed by atoms with E-state index in [1.54, 1.807) is 0 Å². The normalized spacial score (nSPS) is 17.5. The van der Waals surface area contributed by atoms with E-state index in [0.717, 1.165) is 25.6 Å². The lowest BCUT2D eigenvalue weighted by atomic mass is 9.85. The van der Waals surface area contributed by atoms with Crippen molar-refractivity contribution in [3.05, 3.63) is 5.89 Å². The molecule has 2 rings (SSSR count). The molecule has 1 saturated carbocycles. The maximum absolute atomic E-state index is 5.76. The summed E-state index contributed by atoms with van der Waals surface area (Å²) in [4.78, 5) is 2.19. The summed E-state index contributed by atoms with van der Waals surface area (Å²) in [6.45, 7) is 9.13. The molecule has 1 atom stereocenters. The molecule has 0 radical (unpaired) electrons. The molecule has 0 aliphatic heterocycles. The molecule has 5 heteroatoms. The predicted octanol–water partition coefficient (Wildman–Crippen LogP) is 2.37. The fraction of sp³-hybridized carbons (Fsp3) is 0.846. The molecule has 1 aliphatic carbocycles. The van der Waals surface area contributed by atoms with Crippen molar-refractivity contribution >= 4 is 6.01 Å². The van der Waals surface area contributed by atoms with Gasteiger partial charge in [0.2, 0.25) is 5.89 Å². The number of anilines is 1. The van der Waals surface area contributed by atoms with Gasteiger partial charge in [0.1, 0.15) is 0 Å². The SMILES string of the molecule is CCNC(C)c1nnc(N(CC)CC2CCC2)o1. The van der Waals surface area contributed by atoms with Crippen LogP contribution in [0.2, 0.25) is 0 Å². The summed E-state index contributed by atoms with van der Waals surface area (Å²) in [6.07, 6.45) is 4.05. The molecular formula is C13H24N4O. The van der Waals surface area contributed by atoms with E-state index in [0.29, 0.717) is 11.9 Å². The van der Waals surface area contributed by atoms with Gasteiger partial charge in [-0.05, 0) is 39.2 Å². The Hall–Kier alpha value is -1.10. The lowest BCUT2D eigenvalue weighted by molar-refractivity contribution is 0.311. The van der Waals surface area contributed by atoms with Crippen LogP contribution in [0, 0.1) is 5.92 Å². The van der Waals surface area contributed by atoms with Gasteiger partial charge in [-0.3, -0.25) is 0 Å². The third kappa shape index (κ3) is 3.02. The molecule has 18 heavy (non-hydrogen) atoms. The number of rotatable bonds is 7. The standard InChI is InChI=1S/C13H24N4O/c1-4-14-10(3)12-15-16-13(18-12)17(5-2)9-11-7-6-8-11/h10-11,14H,4-9H2,1-3H3. The molecule has 5 nitrogen and oxygen atoms in total. The highest BCUT2D eigenvalue weighted by Crippen LogP contribution is 2.28. The van der Waals surface area contributed by atoms with E-state index in [2.05, 4.69) is 34.3 Å². The third-order valence-corrected chi connectivity index (χ3v) is 3.67. The van der Waals surface area contributed by atoms with Crippen LogP contribution in [0.1, 0.15) is 52.0 Å². The quantitative estimate of drug-likeness (QED) is 0.807. The van der Waals surface area contributed by atoms with Crippen LogP contribution in [-0.4, -0.2) is 29.8 Å². The minimum absolute atomic E-state index is 0.124. The van der Waals surface area contributed by atoms with Gasteiger partial charge < -0.3 is 14.6 Å². The molecule has 1 heterocycles. The van der Waals surface area contributed by atoms with Crippen LogP contribution >= 0.6 is 0 Å². The highest BCUT2D eigenvalue weighted by atomic mass is 16.4. The molecule has 1 aromatic heterocycles. The molecule has 1 fully saturated rings. The summed E-state index contributed by atoms with van der Waals surface area (Å²) in [5.74, 6) is 1.49. The molecule has 102 valence electrons. The van der Waals surface area contributed by atoms with Crippen molar-refractivity contribution in [1.82, 2.24) is 15.5 Å². The lowest BCUT2D eigenvalue weighted by Gasteiger charge is -2.30. The number of nitrogens with zero attached hydrogens (tertiary/aromatic N) is 3. The Morgan fingerprint density at radius 2 is 2.17 bits per heavy atom. The van der Waals surface area contributed by atoms with Gasteiger partial charge in [-0.15, -0.1) is 5.10 Å². The third-order valence-electron chi connectivity index (χ3n) is 3.67. The first-order valence-electron chi connectivity index (χ1n) is 7.06. The Morgan fingerprint density at radius 3 is 2.72 bits per heavy atom. The van der Waals surface area contributed by atoms with Crippen molar-refractivity contribution in [3.8, 4) is 0 Å². The average Bonchev–Trinajstić information content (AvgIpc) is 2.77. The maximum atomic E-state index is 5.76. The molecule has 0 spiro atoms. The zero-order chi connectivity index (χ0) is 13.0. The van der Waals surface area contributed by atoms with Crippen molar-refractivity contribution in [3.63, 3.8) is 0 Å². The topological polar surface area (TPSA) is 54.2 Å². The largest absolute Gasteiger partial charge is 0.406 e. The summed E-state index contributed by atoms with van der Waals surface area (Å²) < 4.78 is 5.76. The molecule has 1 N–H and O–H groups in total. The smallest absolute Gasteiger partial charge is 0.318 e. The molecule has 0 amide bonds. The Morgan fingerprint density at radius 1 is 1.39 bits per heavy atom.